The average molecular weight is 436 g/mol. The standard InChI is InChI=1S/C22H31F2N5O2/c1-21(2,3)31-12-16(25)17-11-29-18(27-17)7-15(10-26-29)20(14-4-5-14)28-19(30)6-13-8-22(23,24)9-13/h7,10-11,13-14,16,20H,4-6,8-9,12,25H2,1-3H3,(H,28,30)/t16-,20+/m0/s1. The molecule has 2 fully saturated rings. The van der Waals surface area contributed by atoms with Gasteiger partial charge in [-0.2, -0.15) is 5.10 Å². The van der Waals surface area contributed by atoms with E-state index in [2.05, 4.69) is 15.4 Å². The number of alkyl halides is 2. The summed E-state index contributed by atoms with van der Waals surface area (Å²) < 4.78 is 33.5. The zero-order valence-electron chi connectivity index (χ0n) is 18.3. The number of imidazole rings is 1. The molecule has 2 aromatic rings. The van der Waals surface area contributed by atoms with Gasteiger partial charge in [-0.25, -0.2) is 18.3 Å². The SMILES string of the molecule is CC(C)(C)OC[C@H](N)c1cn2ncc([C@H](NC(=O)CC3CC(F)(F)C3)C3CC3)cc2n1. The number of hydrogen-bond acceptors (Lipinski definition) is 5. The second-order valence-corrected chi connectivity index (χ2v) is 10.0. The first-order valence-corrected chi connectivity index (χ1v) is 10.9. The van der Waals surface area contributed by atoms with Crippen LogP contribution in [0.1, 0.15) is 76.2 Å². The van der Waals surface area contributed by atoms with Crippen LogP contribution in [-0.4, -0.2) is 38.6 Å². The van der Waals surface area contributed by atoms with Crippen molar-refractivity contribution in [1.82, 2.24) is 19.9 Å². The predicted molar refractivity (Wildman–Crippen MR) is 112 cm³/mol. The van der Waals surface area contributed by atoms with Gasteiger partial charge in [0.05, 0.1) is 42.4 Å². The van der Waals surface area contributed by atoms with Crippen molar-refractivity contribution < 1.29 is 18.3 Å². The maximum atomic E-state index is 13.1. The van der Waals surface area contributed by atoms with Crippen LogP contribution in [0.5, 0.6) is 0 Å². The van der Waals surface area contributed by atoms with Gasteiger partial charge in [-0.3, -0.25) is 4.79 Å². The largest absolute Gasteiger partial charge is 0.374 e. The number of nitrogens with one attached hydrogen (secondary N) is 1. The molecule has 9 heteroatoms. The zero-order valence-corrected chi connectivity index (χ0v) is 18.3. The Hall–Kier alpha value is -2.13. The highest BCUT2D eigenvalue weighted by atomic mass is 19.3. The maximum absolute atomic E-state index is 13.1. The molecule has 3 N–H and O–H groups in total. The number of amides is 1. The molecule has 2 saturated carbocycles. The van der Waals surface area contributed by atoms with Gasteiger partial charge in [-0.15, -0.1) is 0 Å². The lowest BCUT2D eigenvalue weighted by Crippen LogP contribution is -2.39. The summed E-state index contributed by atoms with van der Waals surface area (Å²) >= 11 is 0. The smallest absolute Gasteiger partial charge is 0.248 e. The monoisotopic (exact) mass is 435 g/mol. The predicted octanol–water partition coefficient (Wildman–Crippen LogP) is 3.55. The second kappa shape index (κ2) is 8.09. The van der Waals surface area contributed by atoms with Crippen molar-refractivity contribution in [3.05, 3.63) is 29.7 Å². The van der Waals surface area contributed by atoms with Gasteiger partial charge in [-0.1, -0.05) is 0 Å². The molecule has 1 amide bonds. The van der Waals surface area contributed by atoms with E-state index in [1.54, 1.807) is 16.9 Å². The lowest BCUT2D eigenvalue weighted by Gasteiger charge is -2.34. The van der Waals surface area contributed by atoms with Crippen molar-refractivity contribution in [3.8, 4) is 0 Å². The molecule has 2 atom stereocenters. The minimum Gasteiger partial charge on any atom is -0.374 e. The molecule has 0 radical (unpaired) electrons. The van der Waals surface area contributed by atoms with Gasteiger partial charge < -0.3 is 15.8 Å². The Morgan fingerprint density at radius 2 is 2.10 bits per heavy atom. The zero-order chi connectivity index (χ0) is 22.4. The van der Waals surface area contributed by atoms with Crippen molar-refractivity contribution in [1.29, 1.82) is 0 Å². The molecule has 2 aliphatic carbocycles. The molecule has 170 valence electrons. The van der Waals surface area contributed by atoms with Gasteiger partial charge in [-0.05, 0) is 57.1 Å². The van der Waals surface area contributed by atoms with E-state index in [1.165, 1.54) is 0 Å². The number of ether oxygens (including phenoxy) is 1. The maximum Gasteiger partial charge on any atom is 0.248 e. The van der Waals surface area contributed by atoms with Gasteiger partial charge in [0, 0.05) is 19.3 Å². The van der Waals surface area contributed by atoms with Gasteiger partial charge in [0.2, 0.25) is 11.8 Å². The number of carbonyl (C=O) groups excluding carboxylic acids is 1. The summed E-state index contributed by atoms with van der Waals surface area (Å²) in [4.78, 5) is 17.1. The van der Waals surface area contributed by atoms with E-state index < -0.39 is 5.92 Å². The van der Waals surface area contributed by atoms with Crippen LogP contribution < -0.4 is 11.1 Å². The quantitative estimate of drug-likeness (QED) is 0.661. The molecule has 2 heterocycles. The van der Waals surface area contributed by atoms with Crippen LogP contribution in [0, 0.1) is 11.8 Å². The number of aromatic nitrogens is 3. The highest BCUT2D eigenvalue weighted by Crippen LogP contribution is 2.45. The van der Waals surface area contributed by atoms with Crippen molar-refractivity contribution in [3.63, 3.8) is 0 Å². The van der Waals surface area contributed by atoms with E-state index in [0.29, 0.717) is 23.9 Å². The Balaban J connectivity index is 1.43. The lowest BCUT2D eigenvalue weighted by molar-refractivity contribution is -0.134. The fraction of sp³-hybridized carbons (Fsp3) is 0.682. The molecule has 0 saturated heterocycles. The number of hydrogen-bond donors (Lipinski definition) is 2. The minimum atomic E-state index is -2.60. The van der Waals surface area contributed by atoms with Gasteiger partial charge in [0.15, 0.2) is 5.65 Å². The molecule has 4 rings (SSSR count). The number of halogens is 2. The Morgan fingerprint density at radius 3 is 2.71 bits per heavy atom. The third-order valence-electron chi connectivity index (χ3n) is 5.85. The summed E-state index contributed by atoms with van der Waals surface area (Å²) in [5, 5.41) is 7.49. The van der Waals surface area contributed by atoms with Gasteiger partial charge in [0.25, 0.3) is 0 Å². The van der Waals surface area contributed by atoms with E-state index in [0.717, 1.165) is 18.4 Å². The van der Waals surface area contributed by atoms with Crippen LogP contribution in [-0.2, 0) is 9.53 Å². The number of rotatable bonds is 8. The van der Waals surface area contributed by atoms with Gasteiger partial charge >= 0.3 is 0 Å². The first-order valence-electron chi connectivity index (χ1n) is 10.9. The third kappa shape index (κ3) is 5.57. The fourth-order valence-electron chi connectivity index (χ4n) is 4.01. The van der Waals surface area contributed by atoms with Crippen molar-refractivity contribution >= 4 is 11.6 Å². The summed E-state index contributed by atoms with van der Waals surface area (Å²) in [6, 6.07) is 1.36. The third-order valence-corrected chi connectivity index (χ3v) is 5.85. The normalized spacial score (nSPS) is 21.0. The number of carbonyl (C=O) groups is 1. The molecule has 0 aliphatic heterocycles. The van der Waals surface area contributed by atoms with E-state index >= 15 is 0 Å². The molecule has 2 aliphatic rings. The molecular formula is C22H31F2N5O2. The van der Waals surface area contributed by atoms with Crippen LogP contribution in [0.4, 0.5) is 8.78 Å². The summed E-state index contributed by atoms with van der Waals surface area (Å²) in [7, 11) is 0. The molecule has 0 bridgehead atoms. The second-order valence-electron chi connectivity index (χ2n) is 10.0. The van der Waals surface area contributed by atoms with Crippen LogP contribution in [0.25, 0.3) is 5.65 Å². The number of nitrogens with two attached hydrogens (primary N) is 1. The van der Waals surface area contributed by atoms with Crippen LogP contribution in [0.2, 0.25) is 0 Å². The first-order chi connectivity index (χ1) is 14.5. The molecule has 0 unspecified atom stereocenters. The Kier molecular flexibility index (Phi) is 5.76. The molecular weight excluding hydrogens is 404 g/mol. The molecule has 31 heavy (non-hydrogen) atoms. The van der Waals surface area contributed by atoms with Crippen molar-refractivity contribution in [2.45, 2.75) is 76.5 Å². The lowest BCUT2D eigenvalue weighted by atomic mass is 9.79. The fourth-order valence-corrected chi connectivity index (χ4v) is 4.01. The van der Waals surface area contributed by atoms with E-state index in [1.807, 2.05) is 26.8 Å². The molecule has 7 nitrogen and oxygen atoms in total. The first kappa shape index (κ1) is 22.1. The van der Waals surface area contributed by atoms with Crippen LogP contribution in [0.3, 0.4) is 0 Å². The minimum absolute atomic E-state index is 0.143. The van der Waals surface area contributed by atoms with Crippen LogP contribution in [0.15, 0.2) is 18.5 Å². The van der Waals surface area contributed by atoms with E-state index in [-0.39, 0.29) is 48.8 Å². The highest BCUT2D eigenvalue weighted by Gasteiger charge is 2.46. The highest BCUT2D eigenvalue weighted by molar-refractivity contribution is 5.77. The molecule has 0 spiro atoms. The summed E-state index contributed by atoms with van der Waals surface area (Å²) in [6.45, 7) is 6.27. The Labute approximate surface area is 180 Å². The molecule has 2 aromatic heterocycles. The van der Waals surface area contributed by atoms with Crippen molar-refractivity contribution in [2.24, 2.45) is 17.6 Å². The Morgan fingerprint density at radius 1 is 1.39 bits per heavy atom. The van der Waals surface area contributed by atoms with Gasteiger partial charge in [0.1, 0.15) is 0 Å². The number of fused-ring (bicyclic) bond motifs is 1. The topological polar surface area (TPSA) is 94.5 Å². The van der Waals surface area contributed by atoms with E-state index in [4.69, 9.17) is 10.5 Å². The summed E-state index contributed by atoms with van der Waals surface area (Å²) in [5.74, 6) is -2.68. The number of nitrogens with zero attached hydrogens (tertiary/aromatic N) is 3. The summed E-state index contributed by atoms with van der Waals surface area (Å²) in [6.07, 6.45) is 5.31. The molecule has 0 aromatic carbocycles. The Bertz CT molecular complexity index is 943. The van der Waals surface area contributed by atoms with E-state index in [9.17, 15) is 13.6 Å². The van der Waals surface area contributed by atoms with Crippen LogP contribution >= 0.6 is 0 Å². The van der Waals surface area contributed by atoms with Crippen molar-refractivity contribution in [2.75, 3.05) is 6.61 Å². The summed E-state index contributed by atoms with van der Waals surface area (Å²) in [5.41, 5.74) is 8.16. The average Bonchev–Trinajstić information content (AvgIpc) is 3.39.